The van der Waals surface area contributed by atoms with Gasteiger partial charge in [-0.2, -0.15) is 0 Å². The molecule has 2 heterocycles. The minimum Gasteiger partial charge on any atom is -0.306 e. The minimum atomic E-state index is 0.773. The monoisotopic (exact) mass is 233 g/mol. The van der Waals surface area contributed by atoms with Crippen molar-refractivity contribution >= 4 is 11.3 Å². The summed E-state index contributed by atoms with van der Waals surface area (Å²) in [6.07, 6.45) is 6.31. The van der Waals surface area contributed by atoms with Crippen LogP contribution in [0, 0.1) is 0 Å². The molecule has 2 aromatic heterocycles. The molecule has 0 aromatic carbocycles. The number of thiophene rings is 1. The maximum absolute atomic E-state index is 4.22. The molecule has 0 unspecified atom stereocenters. The fourth-order valence-electron chi connectivity index (χ4n) is 1.56. The van der Waals surface area contributed by atoms with Gasteiger partial charge in [0.05, 0.1) is 5.69 Å². The van der Waals surface area contributed by atoms with Crippen LogP contribution in [0.4, 0.5) is 0 Å². The molecule has 0 atom stereocenters. The minimum absolute atomic E-state index is 0.773. The van der Waals surface area contributed by atoms with E-state index in [0.29, 0.717) is 0 Å². The number of aromatic nitrogens is 2. The van der Waals surface area contributed by atoms with E-state index < -0.39 is 0 Å². The Balaban J connectivity index is 1.85. The van der Waals surface area contributed by atoms with E-state index in [1.165, 1.54) is 10.4 Å². The summed E-state index contributed by atoms with van der Waals surface area (Å²) in [4.78, 5) is 9.68. The summed E-state index contributed by atoms with van der Waals surface area (Å²) < 4.78 is 0. The van der Waals surface area contributed by atoms with Gasteiger partial charge in [-0.1, -0.05) is 6.92 Å². The quantitative estimate of drug-likeness (QED) is 0.861. The van der Waals surface area contributed by atoms with Gasteiger partial charge in [0, 0.05) is 36.6 Å². The molecule has 0 spiro atoms. The Morgan fingerprint density at radius 2 is 2.25 bits per heavy atom. The van der Waals surface area contributed by atoms with E-state index in [1.807, 2.05) is 11.3 Å². The molecular formula is C12H15N3S. The molecule has 16 heavy (non-hydrogen) atoms. The van der Waals surface area contributed by atoms with E-state index in [-0.39, 0.29) is 0 Å². The van der Waals surface area contributed by atoms with Crippen LogP contribution in [-0.4, -0.2) is 9.97 Å². The lowest BCUT2D eigenvalue weighted by Crippen LogP contribution is -2.13. The molecule has 0 amide bonds. The first kappa shape index (κ1) is 11.2. The van der Waals surface area contributed by atoms with Gasteiger partial charge in [-0.15, -0.1) is 11.3 Å². The first-order valence-corrected chi connectivity index (χ1v) is 6.29. The van der Waals surface area contributed by atoms with Crippen molar-refractivity contribution in [1.82, 2.24) is 15.3 Å². The van der Waals surface area contributed by atoms with E-state index in [2.05, 4.69) is 33.7 Å². The van der Waals surface area contributed by atoms with E-state index >= 15 is 0 Å². The van der Waals surface area contributed by atoms with Crippen LogP contribution in [0.15, 0.2) is 30.0 Å². The number of nitrogens with zero attached hydrogens (tertiary/aromatic N) is 2. The molecule has 1 N–H and O–H groups in total. The van der Waals surface area contributed by atoms with Gasteiger partial charge in [-0.05, 0) is 23.4 Å². The molecule has 0 saturated carbocycles. The summed E-state index contributed by atoms with van der Waals surface area (Å²) in [5.74, 6) is 0. The lowest BCUT2D eigenvalue weighted by atomic mass is 10.2. The van der Waals surface area contributed by atoms with Crippen LogP contribution in [-0.2, 0) is 19.5 Å². The lowest BCUT2D eigenvalue weighted by molar-refractivity contribution is 0.680. The van der Waals surface area contributed by atoms with Crippen molar-refractivity contribution in [3.63, 3.8) is 0 Å². The highest BCUT2D eigenvalue weighted by molar-refractivity contribution is 7.10. The highest BCUT2D eigenvalue weighted by atomic mass is 32.1. The van der Waals surface area contributed by atoms with Crippen LogP contribution < -0.4 is 5.32 Å². The van der Waals surface area contributed by atoms with Crippen molar-refractivity contribution in [3.05, 3.63) is 46.2 Å². The van der Waals surface area contributed by atoms with Crippen molar-refractivity contribution in [2.45, 2.75) is 26.4 Å². The SMILES string of the molecule is CCc1ccsc1CNCc1cnccn1. The summed E-state index contributed by atoms with van der Waals surface area (Å²) in [7, 11) is 0. The maximum atomic E-state index is 4.22. The first-order valence-electron chi connectivity index (χ1n) is 5.41. The molecule has 0 aliphatic heterocycles. The highest BCUT2D eigenvalue weighted by Gasteiger charge is 2.01. The van der Waals surface area contributed by atoms with Gasteiger partial charge in [0.25, 0.3) is 0 Å². The smallest absolute Gasteiger partial charge is 0.0724 e. The number of aryl methyl sites for hydroxylation is 1. The van der Waals surface area contributed by atoms with Crippen LogP contribution in [0.5, 0.6) is 0 Å². The normalized spacial score (nSPS) is 10.6. The summed E-state index contributed by atoms with van der Waals surface area (Å²) in [6, 6.07) is 2.20. The Labute approximate surface area is 99.6 Å². The second kappa shape index (κ2) is 5.72. The molecule has 0 aliphatic carbocycles. The van der Waals surface area contributed by atoms with Gasteiger partial charge in [0.2, 0.25) is 0 Å². The Hall–Kier alpha value is -1.26. The van der Waals surface area contributed by atoms with Crippen molar-refractivity contribution in [1.29, 1.82) is 0 Å². The van der Waals surface area contributed by atoms with Crippen LogP contribution >= 0.6 is 11.3 Å². The zero-order valence-corrected chi connectivity index (χ0v) is 10.1. The van der Waals surface area contributed by atoms with Crippen molar-refractivity contribution in [3.8, 4) is 0 Å². The predicted octanol–water partition coefficient (Wildman–Crippen LogP) is 2.39. The predicted molar refractivity (Wildman–Crippen MR) is 66.3 cm³/mol. The van der Waals surface area contributed by atoms with Crippen molar-refractivity contribution in [2.75, 3.05) is 0 Å². The van der Waals surface area contributed by atoms with Crippen LogP contribution in [0.1, 0.15) is 23.1 Å². The summed E-state index contributed by atoms with van der Waals surface area (Å²) in [6.45, 7) is 3.88. The standard InChI is InChI=1S/C12H15N3S/c1-2-10-3-6-16-12(10)9-14-8-11-7-13-4-5-15-11/h3-7,14H,2,8-9H2,1H3. The molecule has 0 saturated heterocycles. The second-order valence-electron chi connectivity index (χ2n) is 3.52. The van der Waals surface area contributed by atoms with Crippen molar-refractivity contribution in [2.24, 2.45) is 0 Å². The molecule has 3 nitrogen and oxygen atoms in total. The molecule has 0 fully saturated rings. The van der Waals surface area contributed by atoms with Crippen LogP contribution in [0.25, 0.3) is 0 Å². The maximum Gasteiger partial charge on any atom is 0.0724 e. The van der Waals surface area contributed by atoms with Gasteiger partial charge < -0.3 is 5.32 Å². The topological polar surface area (TPSA) is 37.8 Å². The average molecular weight is 233 g/mol. The Morgan fingerprint density at radius 1 is 1.31 bits per heavy atom. The Kier molecular flexibility index (Phi) is 4.02. The summed E-state index contributed by atoms with van der Waals surface area (Å²) in [5.41, 5.74) is 2.42. The van der Waals surface area contributed by atoms with E-state index in [0.717, 1.165) is 25.2 Å². The first-order chi connectivity index (χ1) is 7.90. The molecule has 2 aromatic rings. The van der Waals surface area contributed by atoms with Gasteiger partial charge in [0.15, 0.2) is 0 Å². The number of rotatable bonds is 5. The zero-order valence-electron chi connectivity index (χ0n) is 9.31. The third-order valence-electron chi connectivity index (χ3n) is 2.43. The zero-order chi connectivity index (χ0) is 11.2. The van der Waals surface area contributed by atoms with Crippen molar-refractivity contribution < 1.29 is 0 Å². The second-order valence-corrected chi connectivity index (χ2v) is 4.52. The number of nitrogens with one attached hydrogen (secondary N) is 1. The fourth-order valence-corrected chi connectivity index (χ4v) is 2.51. The van der Waals surface area contributed by atoms with Gasteiger partial charge in [0.1, 0.15) is 0 Å². The average Bonchev–Trinajstić information content (AvgIpc) is 2.78. The van der Waals surface area contributed by atoms with Crippen LogP contribution in [0.2, 0.25) is 0 Å². The summed E-state index contributed by atoms with van der Waals surface area (Å²) in [5, 5.41) is 5.54. The summed E-state index contributed by atoms with van der Waals surface area (Å²) >= 11 is 1.81. The van der Waals surface area contributed by atoms with Gasteiger partial charge in [-0.25, -0.2) is 0 Å². The molecule has 2 rings (SSSR count). The van der Waals surface area contributed by atoms with E-state index in [4.69, 9.17) is 0 Å². The molecule has 0 aliphatic rings. The van der Waals surface area contributed by atoms with Crippen LogP contribution in [0.3, 0.4) is 0 Å². The molecular weight excluding hydrogens is 218 g/mol. The van der Waals surface area contributed by atoms with Gasteiger partial charge in [-0.3, -0.25) is 9.97 Å². The fraction of sp³-hybridized carbons (Fsp3) is 0.333. The number of hydrogen-bond donors (Lipinski definition) is 1. The lowest BCUT2D eigenvalue weighted by Gasteiger charge is -2.04. The molecule has 84 valence electrons. The third-order valence-corrected chi connectivity index (χ3v) is 3.39. The largest absolute Gasteiger partial charge is 0.306 e. The molecule has 0 radical (unpaired) electrons. The van der Waals surface area contributed by atoms with E-state index in [1.54, 1.807) is 18.6 Å². The Morgan fingerprint density at radius 3 is 3.00 bits per heavy atom. The number of hydrogen-bond acceptors (Lipinski definition) is 4. The Bertz CT molecular complexity index is 425. The van der Waals surface area contributed by atoms with E-state index in [9.17, 15) is 0 Å². The third kappa shape index (κ3) is 2.87. The molecule has 4 heteroatoms. The highest BCUT2D eigenvalue weighted by Crippen LogP contribution is 2.16. The van der Waals surface area contributed by atoms with Gasteiger partial charge >= 0.3 is 0 Å². The molecule has 0 bridgehead atoms.